The Balaban J connectivity index is 1.83. The van der Waals surface area contributed by atoms with Crippen LogP contribution in [0.15, 0.2) is 59.2 Å². The summed E-state index contributed by atoms with van der Waals surface area (Å²) in [5.41, 5.74) is 8.23. The number of nitrogens with zero attached hydrogens (tertiary/aromatic N) is 1. The zero-order valence-electron chi connectivity index (χ0n) is 12.3. The molecule has 0 aliphatic heterocycles. The summed E-state index contributed by atoms with van der Waals surface area (Å²) < 4.78 is 5.43. The average Bonchev–Trinajstić information content (AvgIpc) is 3.00. The van der Waals surface area contributed by atoms with Crippen molar-refractivity contribution in [3.63, 3.8) is 0 Å². The van der Waals surface area contributed by atoms with Gasteiger partial charge in [0, 0.05) is 12.2 Å². The van der Waals surface area contributed by atoms with Crippen molar-refractivity contribution in [1.82, 2.24) is 4.90 Å². The second-order valence-electron chi connectivity index (χ2n) is 5.28. The molecule has 108 valence electrons. The molecule has 3 heteroatoms. The van der Waals surface area contributed by atoms with Crippen molar-refractivity contribution in [2.45, 2.75) is 20.0 Å². The predicted octanol–water partition coefficient (Wildman–Crippen LogP) is 4.04. The summed E-state index contributed by atoms with van der Waals surface area (Å²) in [5, 5.41) is 2.42. The zero-order valence-corrected chi connectivity index (χ0v) is 12.3. The van der Waals surface area contributed by atoms with Crippen molar-refractivity contribution in [3.05, 3.63) is 66.1 Å². The van der Waals surface area contributed by atoms with Crippen molar-refractivity contribution in [2.24, 2.45) is 0 Å². The van der Waals surface area contributed by atoms with Gasteiger partial charge in [-0.15, -0.1) is 0 Å². The van der Waals surface area contributed by atoms with Crippen LogP contribution < -0.4 is 5.73 Å². The molecule has 0 radical (unpaired) electrons. The fourth-order valence-electron chi connectivity index (χ4n) is 2.59. The third-order valence-electron chi connectivity index (χ3n) is 3.81. The number of furan rings is 1. The quantitative estimate of drug-likeness (QED) is 0.717. The first-order valence-corrected chi connectivity index (χ1v) is 7.28. The molecule has 0 atom stereocenters. The van der Waals surface area contributed by atoms with E-state index in [1.54, 1.807) is 6.26 Å². The van der Waals surface area contributed by atoms with Crippen molar-refractivity contribution < 1.29 is 4.42 Å². The SMILES string of the molecule is CCN(Cc1ccco1)Cc1cc2ccccc2cc1N. The molecule has 0 aliphatic rings. The molecule has 0 amide bonds. The second kappa shape index (κ2) is 6.02. The Morgan fingerprint density at radius 2 is 1.76 bits per heavy atom. The number of nitrogens with two attached hydrogens (primary N) is 1. The van der Waals surface area contributed by atoms with Gasteiger partial charge in [0.15, 0.2) is 0 Å². The molecule has 1 heterocycles. The molecule has 0 saturated heterocycles. The lowest BCUT2D eigenvalue weighted by molar-refractivity contribution is 0.248. The lowest BCUT2D eigenvalue weighted by Gasteiger charge is -2.20. The molecule has 2 N–H and O–H groups in total. The largest absolute Gasteiger partial charge is 0.468 e. The smallest absolute Gasteiger partial charge is 0.117 e. The standard InChI is InChI=1S/C18H20N2O/c1-2-20(13-17-8-5-9-21-17)12-16-10-14-6-3-4-7-15(14)11-18(16)19/h3-11H,2,12-13,19H2,1H3. The molecular weight excluding hydrogens is 260 g/mol. The molecular formula is C18H20N2O. The van der Waals surface area contributed by atoms with Crippen molar-refractivity contribution >= 4 is 16.5 Å². The van der Waals surface area contributed by atoms with Crippen LogP contribution in [0.2, 0.25) is 0 Å². The van der Waals surface area contributed by atoms with E-state index in [0.717, 1.165) is 31.1 Å². The molecule has 1 aromatic heterocycles. The van der Waals surface area contributed by atoms with Gasteiger partial charge in [0.1, 0.15) is 5.76 Å². The highest BCUT2D eigenvalue weighted by Gasteiger charge is 2.09. The van der Waals surface area contributed by atoms with Crippen LogP contribution in [0.4, 0.5) is 5.69 Å². The highest BCUT2D eigenvalue weighted by molar-refractivity contribution is 5.86. The Hall–Kier alpha value is -2.26. The maximum Gasteiger partial charge on any atom is 0.117 e. The van der Waals surface area contributed by atoms with Gasteiger partial charge >= 0.3 is 0 Å². The number of fused-ring (bicyclic) bond motifs is 1. The van der Waals surface area contributed by atoms with E-state index in [4.69, 9.17) is 10.2 Å². The predicted molar refractivity (Wildman–Crippen MR) is 86.9 cm³/mol. The Kier molecular flexibility index (Phi) is 3.93. The van der Waals surface area contributed by atoms with Gasteiger partial charge in [-0.2, -0.15) is 0 Å². The average molecular weight is 280 g/mol. The van der Waals surface area contributed by atoms with Gasteiger partial charge in [-0.1, -0.05) is 31.2 Å². The molecule has 3 rings (SSSR count). The number of hydrogen-bond donors (Lipinski definition) is 1. The number of benzene rings is 2. The fraction of sp³-hybridized carbons (Fsp3) is 0.222. The van der Waals surface area contributed by atoms with Gasteiger partial charge in [0.05, 0.1) is 12.8 Å². The molecule has 21 heavy (non-hydrogen) atoms. The van der Waals surface area contributed by atoms with E-state index in [1.165, 1.54) is 16.3 Å². The molecule has 0 unspecified atom stereocenters. The fourth-order valence-corrected chi connectivity index (χ4v) is 2.59. The Labute approximate surface area is 125 Å². The molecule has 0 aliphatic carbocycles. The third kappa shape index (κ3) is 3.09. The van der Waals surface area contributed by atoms with Crippen LogP contribution in [-0.4, -0.2) is 11.4 Å². The van der Waals surface area contributed by atoms with E-state index < -0.39 is 0 Å². The molecule has 0 fully saturated rings. The van der Waals surface area contributed by atoms with Crippen molar-refractivity contribution in [2.75, 3.05) is 12.3 Å². The minimum atomic E-state index is 0.801. The van der Waals surface area contributed by atoms with Crippen LogP contribution in [0.5, 0.6) is 0 Å². The van der Waals surface area contributed by atoms with E-state index in [1.807, 2.05) is 18.2 Å². The van der Waals surface area contributed by atoms with Gasteiger partial charge in [0.2, 0.25) is 0 Å². The van der Waals surface area contributed by atoms with Crippen LogP contribution in [0.25, 0.3) is 10.8 Å². The summed E-state index contributed by atoms with van der Waals surface area (Å²) >= 11 is 0. The van der Waals surface area contributed by atoms with Crippen molar-refractivity contribution in [1.29, 1.82) is 0 Å². The first kappa shape index (κ1) is 13.7. The van der Waals surface area contributed by atoms with Gasteiger partial charge in [-0.3, -0.25) is 4.90 Å². The maximum absolute atomic E-state index is 6.21. The summed E-state index contributed by atoms with van der Waals surface area (Å²) in [5.74, 6) is 0.983. The van der Waals surface area contributed by atoms with Crippen LogP contribution in [0, 0.1) is 0 Å². The van der Waals surface area contributed by atoms with Gasteiger partial charge < -0.3 is 10.2 Å². The molecule has 2 aromatic carbocycles. The summed E-state index contributed by atoms with van der Waals surface area (Å²) in [4.78, 5) is 2.32. The Bertz CT molecular complexity index is 719. The summed E-state index contributed by atoms with van der Waals surface area (Å²) in [6.45, 7) is 4.73. The van der Waals surface area contributed by atoms with E-state index in [9.17, 15) is 0 Å². The minimum absolute atomic E-state index is 0.801. The van der Waals surface area contributed by atoms with E-state index >= 15 is 0 Å². The van der Waals surface area contributed by atoms with Crippen LogP contribution in [-0.2, 0) is 13.1 Å². The Morgan fingerprint density at radius 1 is 1.00 bits per heavy atom. The Morgan fingerprint density at radius 3 is 2.43 bits per heavy atom. The van der Waals surface area contributed by atoms with Gasteiger partial charge in [0.25, 0.3) is 0 Å². The van der Waals surface area contributed by atoms with E-state index in [-0.39, 0.29) is 0 Å². The summed E-state index contributed by atoms with van der Waals surface area (Å²) in [7, 11) is 0. The van der Waals surface area contributed by atoms with Crippen molar-refractivity contribution in [3.8, 4) is 0 Å². The number of rotatable bonds is 5. The number of anilines is 1. The third-order valence-corrected chi connectivity index (χ3v) is 3.81. The normalized spacial score (nSPS) is 11.3. The lowest BCUT2D eigenvalue weighted by atomic mass is 10.0. The zero-order chi connectivity index (χ0) is 14.7. The highest BCUT2D eigenvalue weighted by Crippen LogP contribution is 2.23. The summed E-state index contributed by atoms with van der Waals surface area (Å²) in [6.07, 6.45) is 1.72. The van der Waals surface area contributed by atoms with Gasteiger partial charge in [-0.05, 0) is 47.1 Å². The van der Waals surface area contributed by atoms with Crippen LogP contribution >= 0.6 is 0 Å². The van der Waals surface area contributed by atoms with Crippen LogP contribution in [0.3, 0.4) is 0 Å². The molecule has 3 aromatic rings. The summed E-state index contributed by atoms with van der Waals surface area (Å²) in [6, 6.07) is 16.5. The molecule has 0 bridgehead atoms. The van der Waals surface area contributed by atoms with E-state index in [0.29, 0.717) is 0 Å². The second-order valence-corrected chi connectivity index (χ2v) is 5.28. The molecule has 3 nitrogen and oxygen atoms in total. The number of hydrogen-bond acceptors (Lipinski definition) is 3. The lowest BCUT2D eigenvalue weighted by Crippen LogP contribution is -2.22. The van der Waals surface area contributed by atoms with Crippen LogP contribution in [0.1, 0.15) is 18.2 Å². The highest BCUT2D eigenvalue weighted by atomic mass is 16.3. The number of nitrogen functional groups attached to an aromatic ring is 1. The first-order valence-electron chi connectivity index (χ1n) is 7.28. The first-order chi connectivity index (χ1) is 10.3. The van der Waals surface area contributed by atoms with Gasteiger partial charge in [-0.25, -0.2) is 0 Å². The molecule has 0 spiro atoms. The molecule has 0 saturated carbocycles. The topological polar surface area (TPSA) is 42.4 Å². The maximum atomic E-state index is 6.21. The monoisotopic (exact) mass is 280 g/mol. The van der Waals surface area contributed by atoms with E-state index in [2.05, 4.69) is 42.2 Å². The minimum Gasteiger partial charge on any atom is -0.468 e.